The van der Waals surface area contributed by atoms with Gasteiger partial charge >= 0.3 is 6.36 Å². The summed E-state index contributed by atoms with van der Waals surface area (Å²) in [6.45, 7) is 0. The summed E-state index contributed by atoms with van der Waals surface area (Å²) in [5, 5.41) is -0.0544. The molecular formula is C8H4Br2F5NO. The summed E-state index contributed by atoms with van der Waals surface area (Å²) < 4.78 is 64.8. The van der Waals surface area contributed by atoms with Crippen LogP contribution in [0.25, 0.3) is 0 Å². The Morgan fingerprint density at radius 2 is 1.94 bits per heavy atom. The molecule has 0 aliphatic rings. The summed E-state index contributed by atoms with van der Waals surface area (Å²) in [4.78, 5) is 3.51. The molecule has 17 heavy (non-hydrogen) atoms. The first kappa shape index (κ1) is 14.6. The highest BCUT2D eigenvalue weighted by molar-refractivity contribution is 9.10. The highest BCUT2D eigenvalue weighted by Gasteiger charge is 2.35. The Hall–Kier alpha value is -0.440. The zero-order chi connectivity index (χ0) is 13.2. The SMILES string of the molecule is FC(F)c1c(CBr)cnc(Br)c1OC(F)(F)F. The van der Waals surface area contributed by atoms with Crippen LogP contribution in [0.15, 0.2) is 10.8 Å². The van der Waals surface area contributed by atoms with E-state index in [0.29, 0.717) is 0 Å². The first-order valence-electron chi connectivity index (χ1n) is 4.03. The van der Waals surface area contributed by atoms with Crippen LogP contribution in [-0.4, -0.2) is 11.3 Å². The molecule has 96 valence electrons. The van der Waals surface area contributed by atoms with Gasteiger partial charge in [-0.25, -0.2) is 13.8 Å². The van der Waals surface area contributed by atoms with Gasteiger partial charge in [0, 0.05) is 11.5 Å². The number of alkyl halides is 6. The van der Waals surface area contributed by atoms with E-state index in [1.807, 2.05) is 0 Å². The second-order valence-electron chi connectivity index (χ2n) is 2.80. The van der Waals surface area contributed by atoms with Crippen LogP contribution in [0.1, 0.15) is 17.6 Å². The van der Waals surface area contributed by atoms with Crippen LogP contribution in [0, 0.1) is 0 Å². The molecular weight excluding hydrogens is 381 g/mol. The van der Waals surface area contributed by atoms with Gasteiger partial charge in [-0.15, -0.1) is 13.2 Å². The average Bonchev–Trinajstić information content (AvgIpc) is 2.18. The monoisotopic (exact) mass is 383 g/mol. The minimum atomic E-state index is -5.06. The van der Waals surface area contributed by atoms with Gasteiger partial charge in [0.1, 0.15) is 4.60 Å². The van der Waals surface area contributed by atoms with Gasteiger partial charge in [0.2, 0.25) is 0 Å². The number of nitrogens with zero attached hydrogens (tertiary/aromatic N) is 1. The van der Waals surface area contributed by atoms with Crippen molar-refractivity contribution in [1.82, 2.24) is 4.98 Å². The molecule has 0 bridgehead atoms. The topological polar surface area (TPSA) is 22.1 Å². The van der Waals surface area contributed by atoms with Crippen LogP contribution in [-0.2, 0) is 5.33 Å². The fraction of sp³-hybridized carbons (Fsp3) is 0.375. The fourth-order valence-corrected chi connectivity index (χ4v) is 1.92. The first-order chi connectivity index (χ1) is 7.76. The van der Waals surface area contributed by atoms with E-state index >= 15 is 0 Å². The summed E-state index contributed by atoms with van der Waals surface area (Å²) in [6.07, 6.45) is -7.11. The van der Waals surface area contributed by atoms with Crippen LogP contribution in [0.5, 0.6) is 5.75 Å². The normalized spacial score (nSPS) is 12.0. The second kappa shape index (κ2) is 5.47. The molecule has 0 saturated heterocycles. The highest BCUT2D eigenvalue weighted by atomic mass is 79.9. The molecule has 0 radical (unpaired) electrons. The Bertz CT molecular complexity index is 410. The average molecular weight is 385 g/mol. The van der Waals surface area contributed by atoms with E-state index in [2.05, 4.69) is 41.6 Å². The Kier molecular flexibility index (Phi) is 4.70. The molecule has 1 aromatic heterocycles. The molecule has 0 aromatic carbocycles. The van der Waals surface area contributed by atoms with Crippen molar-refractivity contribution in [2.45, 2.75) is 18.1 Å². The highest BCUT2D eigenvalue weighted by Crippen LogP contribution is 2.40. The van der Waals surface area contributed by atoms with Gasteiger partial charge in [0.05, 0.1) is 5.56 Å². The van der Waals surface area contributed by atoms with Crippen molar-refractivity contribution in [1.29, 1.82) is 0 Å². The number of pyridine rings is 1. The van der Waals surface area contributed by atoms with Crippen LogP contribution in [0.3, 0.4) is 0 Å². The molecule has 0 aliphatic carbocycles. The van der Waals surface area contributed by atoms with E-state index in [9.17, 15) is 22.0 Å². The maximum Gasteiger partial charge on any atom is 0.573 e. The molecule has 9 heteroatoms. The lowest BCUT2D eigenvalue weighted by Crippen LogP contribution is -2.19. The van der Waals surface area contributed by atoms with Gasteiger partial charge in [0.15, 0.2) is 5.75 Å². The molecule has 0 atom stereocenters. The molecule has 1 aromatic rings. The summed E-state index contributed by atoms with van der Waals surface area (Å²) in [6, 6.07) is 0. The van der Waals surface area contributed by atoms with Crippen molar-refractivity contribution >= 4 is 31.9 Å². The standard InChI is InChI=1S/C8H4Br2F5NO/c9-1-3-2-16-6(10)5(4(3)7(11)12)17-8(13,14)15/h2,7H,1H2. The second-order valence-corrected chi connectivity index (χ2v) is 4.11. The molecule has 0 fully saturated rings. The first-order valence-corrected chi connectivity index (χ1v) is 5.95. The third-order valence-corrected chi connectivity index (χ3v) is 2.86. The summed E-state index contributed by atoms with van der Waals surface area (Å²) in [7, 11) is 0. The Balaban J connectivity index is 3.34. The predicted molar refractivity (Wildman–Crippen MR) is 56.2 cm³/mol. The largest absolute Gasteiger partial charge is 0.573 e. The van der Waals surface area contributed by atoms with Gasteiger partial charge in [-0.3, -0.25) is 0 Å². The van der Waals surface area contributed by atoms with E-state index in [1.165, 1.54) is 0 Å². The lowest BCUT2D eigenvalue weighted by atomic mass is 10.1. The number of ether oxygens (including phenoxy) is 1. The lowest BCUT2D eigenvalue weighted by molar-refractivity contribution is -0.275. The van der Waals surface area contributed by atoms with E-state index in [-0.39, 0.29) is 10.9 Å². The Morgan fingerprint density at radius 1 is 1.35 bits per heavy atom. The number of hydrogen-bond acceptors (Lipinski definition) is 2. The van der Waals surface area contributed by atoms with E-state index in [1.54, 1.807) is 0 Å². The van der Waals surface area contributed by atoms with Gasteiger partial charge in [0.25, 0.3) is 6.43 Å². The molecule has 2 nitrogen and oxygen atoms in total. The van der Waals surface area contributed by atoms with Crippen LogP contribution in [0.2, 0.25) is 0 Å². The van der Waals surface area contributed by atoms with Crippen LogP contribution >= 0.6 is 31.9 Å². The maximum atomic E-state index is 12.7. The van der Waals surface area contributed by atoms with Crippen molar-refractivity contribution in [3.63, 3.8) is 0 Å². The molecule has 0 amide bonds. The van der Waals surface area contributed by atoms with Crippen molar-refractivity contribution in [3.8, 4) is 5.75 Å². The summed E-state index contributed by atoms with van der Waals surface area (Å²) in [5.41, 5.74) is -0.900. The minimum Gasteiger partial charge on any atom is -0.402 e. The maximum absolute atomic E-state index is 12.7. The zero-order valence-corrected chi connectivity index (χ0v) is 11.0. The quantitative estimate of drug-likeness (QED) is 0.432. The summed E-state index contributed by atoms with van der Waals surface area (Å²) >= 11 is 5.54. The molecule has 1 heterocycles. The number of halogens is 7. The lowest BCUT2D eigenvalue weighted by Gasteiger charge is -2.16. The fourth-order valence-electron chi connectivity index (χ4n) is 1.08. The van der Waals surface area contributed by atoms with Crippen molar-refractivity contribution in [3.05, 3.63) is 21.9 Å². The zero-order valence-electron chi connectivity index (χ0n) is 7.86. The molecule has 0 aliphatic heterocycles. The molecule has 1 rings (SSSR count). The molecule has 0 saturated carbocycles. The minimum absolute atomic E-state index is 0.0544. The van der Waals surface area contributed by atoms with Crippen LogP contribution < -0.4 is 4.74 Å². The number of aromatic nitrogens is 1. The van der Waals surface area contributed by atoms with Gasteiger partial charge in [-0.05, 0) is 21.5 Å². The van der Waals surface area contributed by atoms with Gasteiger partial charge in [-0.1, -0.05) is 15.9 Å². The smallest absolute Gasteiger partial charge is 0.402 e. The molecule has 0 N–H and O–H groups in total. The molecule has 0 unspecified atom stereocenters. The third kappa shape index (κ3) is 3.77. The predicted octanol–water partition coefficient (Wildman–Crippen LogP) is 4.58. The third-order valence-electron chi connectivity index (χ3n) is 1.69. The Labute approximate surface area is 109 Å². The Morgan fingerprint density at radius 3 is 2.35 bits per heavy atom. The van der Waals surface area contributed by atoms with E-state index in [4.69, 9.17) is 0 Å². The van der Waals surface area contributed by atoms with E-state index in [0.717, 1.165) is 6.20 Å². The van der Waals surface area contributed by atoms with Crippen LogP contribution in [0.4, 0.5) is 22.0 Å². The number of rotatable bonds is 3. The van der Waals surface area contributed by atoms with E-state index < -0.39 is 28.7 Å². The van der Waals surface area contributed by atoms with Crippen molar-refractivity contribution < 1.29 is 26.7 Å². The number of hydrogen-bond donors (Lipinski definition) is 0. The molecule has 0 spiro atoms. The van der Waals surface area contributed by atoms with Crippen molar-refractivity contribution in [2.75, 3.05) is 0 Å². The van der Waals surface area contributed by atoms with Gasteiger partial charge in [-0.2, -0.15) is 0 Å². The summed E-state index contributed by atoms with van der Waals surface area (Å²) in [5.74, 6) is -1.01. The van der Waals surface area contributed by atoms with Crippen molar-refractivity contribution in [2.24, 2.45) is 0 Å². The van der Waals surface area contributed by atoms with Gasteiger partial charge < -0.3 is 4.74 Å².